The average molecular weight is 367 g/mol. The van der Waals surface area contributed by atoms with Crippen molar-refractivity contribution >= 4 is 17.7 Å². The molecule has 0 N–H and O–H groups in total. The first-order valence-corrected chi connectivity index (χ1v) is 8.79. The third kappa shape index (κ3) is 5.51. The number of hydrogen-bond acceptors (Lipinski definition) is 4. The number of benzene rings is 2. The number of esters is 1. The molecule has 0 atom stereocenters. The maximum absolute atomic E-state index is 12.8. The maximum Gasteiger partial charge on any atom is 0.339 e. The van der Waals surface area contributed by atoms with Crippen molar-refractivity contribution in [3.8, 4) is 0 Å². The SMILES string of the molecule is CN(Cc1ccccc1)C(=O)c1ccccc1C(=O)OCC(=O)C(C)(C)C. The van der Waals surface area contributed by atoms with E-state index >= 15 is 0 Å². The Kier molecular flexibility index (Phi) is 6.50. The Morgan fingerprint density at radius 1 is 0.889 bits per heavy atom. The van der Waals surface area contributed by atoms with Crippen LogP contribution in [0.2, 0.25) is 0 Å². The smallest absolute Gasteiger partial charge is 0.339 e. The number of carbonyl (C=O) groups excluding carboxylic acids is 3. The lowest BCUT2D eigenvalue weighted by Crippen LogP contribution is -2.29. The van der Waals surface area contributed by atoms with E-state index < -0.39 is 11.4 Å². The third-order valence-electron chi connectivity index (χ3n) is 4.16. The molecule has 2 aromatic rings. The first-order valence-electron chi connectivity index (χ1n) is 8.79. The number of carbonyl (C=O) groups is 3. The molecule has 0 aliphatic carbocycles. The molecule has 2 aromatic carbocycles. The lowest BCUT2D eigenvalue weighted by molar-refractivity contribution is -0.129. The molecule has 0 heterocycles. The summed E-state index contributed by atoms with van der Waals surface area (Å²) in [4.78, 5) is 38.8. The van der Waals surface area contributed by atoms with Gasteiger partial charge < -0.3 is 9.64 Å². The van der Waals surface area contributed by atoms with Gasteiger partial charge in [-0.05, 0) is 17.7 Å². The van der Waals surface area contributed by atoms with Gasteiger partial charge in [-0.3, -0.25) is 9.59 Å². The monoisotopic (exact) mass is 367 g/mol. The first kappa shape index (κ1) is 20.4. The largest absolute Gasteiger partial charge is 0.454 e. The van der Waals surface area contributed by atoms with E-state index in [0.29, 0.717) is 6.54 Å². The van der Waals surface area contributed by atoms with Crippen molar-refractivity contribution < 1.29 is 19.1 Å². The van der Waals surface area contributed by atoms with Gasteiger partial charge in [0.2, 0.25) is 0 Å². The van der Waals surface area contributed by atoms with Crippen LogP contribution in [-0.4, -0.2) is 36.2 Å². The van der Waals surface area contributed by atoms with Crippen molar-refractivity contribution in [3.05, 3.63) is 71.3 Å². The predicted molar refractivity (Wildman–Crippen MR) is 103 cm³/mol. The number of nitrogens with zero attached hydrogens (tertiary/aromatic N) is 1. The molecular weight excluding hydrogens is 342 g/mol. The fraction of sp³-hybridized carbons (Fsp3) is 0.318. The number of ketones is 1. The highest BCUT2D eigenvalue weighted by molar-refractivity contribution is 6.05. The number of hydrogen-bond donors (Lipinski definition) is 0. The summed E-state index contributed by atoms with van der Waals surface area (Å²) in [7, 11) is 1.68. The van der Waals surface area contributed by atoms with Gasteiger partial charge in [-0.15, -0.1) is 0 Å². The van der Waals surface area contributed by atoms with E-state index in [-0.39, 0.29) is 29.4 Å². The Hall–Kier alpha value is -2.95. The zero-order chi connectivity index (χ0) is 20.0. The molecule has 0 unspecified atom stereocenters. The first-order chi connectivity index (χ1) is 12.7. The van der Waals surface area contributed by atoms with Gasteiger partial charge in [-0.2, -0.15) is 0 Å². The van der Waals surface area contributed by atoms with Gasteiger partial charge in [0.25, 0.3) is 5.91 Å². The van der Waals surface area contributed by atoms with Crippen LogP contribution < -0.4 is 0 Å². The summed E-state index contributed by atoms with van der Waals surface area (Å²) in [6.45, 7) is 5.40. The minimum atomic E-state index is -0.676. The molecule has 0 spiro atoms. The van der Waals surface area contributed by atoms with Crippen LogP contribution in [0, 0.1) is 5.41 Å². The van der Waals surface area contributed by atoms with Crippen LogP contribution >= 0.6 is 0 Å². The average Bonchev–Trinajstić information content (AvgIpc) is 2.65. The van der Waals surface area contributed by atoms with E-state index in [1.54, 1.807) is 50.9 Å². The lowest BCUT2D eigenvalue weighted by Gasteiger charge is -2.19. The Balaban J connectivity index is 2.13. The zero-order valence-corrected chi connectivity index (χ0v) is 16.2. The van der Waals surface area contributed by atoms with Crippen molar-refractivity contribution in [3.63, 3.8) is 0 Å². The zero-order valence-electron chi connectivity index (χ0n) is 16.2. The highest BCUT2D eigenvalue weighted by atomic mass is 16.5. The molecule has 0 aliphatic heterocycles. The summed E-state index contributed by atoms with van der Waals surface area (Å²) in [5, 5.41) is 0. The molecule has 0 saturated heterocycles. The molecule has 0 fully saturated rings. The van der Waals surface area contributed by atoms with Gasteiger partial charge in [-0.1, -0.05) is 63.2 Å². The summed E-state index contributed by atoms with van der Waals surface area (Å²) >= 11 is 0. The Bertz CT molecular complexity index is 822. The third-order valence-corrected chi connectivity index (χ3v) is 4.16. The molecule has 0 saturated carbocycles. The standard InChI is InChI=1S/C22H25NO4/c1-22(2,3)19(24)15-27-21(26)18-13-9-8-12-17(18)20(25)23(4)14-16-10-6-5-7-11-16/h5-13H,14-15H2,1-4H3. The normalized spacial score (nSPS) is 11.0. The van der Waals surface area contributed by atoms with Crippen LogP contribution in [0.4, 0.5) is 0 Å². The molecule has 5 nitrogen and oxygen atoms in total. The van der Waals surface area contributed by atoms with E-state index in [1.807, 2.05) is 30.3 Å². The van der Waals surface area contributed by atoms with Gasteiger partial charge in [0, 0.05) is 19.0 Å². The summed E-state index contributed by atoms with van der Waals surface area (Å²) < 4.78 is 5.15. The predicted octanol–water partition coefficient (Wildman–Crippen LogP) is 3.73. The summed E-state index contributed by atoms with van der Waals surface area (Å²) in [5.41, 5.74) is 0.809. The summed E-state index contributed by atoms with van der Waals surface area (Å²) in [6, 6.07) is 16.1. The van der Waals surface area contributed by atoms with Gasteiger partial charge in [0.1, 0.15) is 0 Å². The number of amides is 1. The topological polar surface area (TPSA) is 63.7 Å². The Morgan fingerprint density at radius 2 is 1.44 bits per heavy atom. The van der Waals surface area contributed by atoms with Crippen molar-refractivity contribution in [2.24, 2.45) is 5.41 Å². The second-order valence-corrected chi connectivity index (χ2v) is 7.44. The molecule has 0 aromatic heterocycles. The van der Waals surface area contributed by atoms with Crippen molar-refractivity contribution in [1.29, 1.82) is 0 Å². The molecule has 27 heavy (non-hydrogen) atoms. The molecular formula is C22H25NO4. The van der Waals surface area contributed by atoms with Crippen LogP contribution in [0.1, 0.15) is 47.1 Å². The second kappa shape index (κ2) is 8.62. The van der Waals surface area contributed by atoms with Crippen molar-refractivity contribution in [2.75, 3.05) is 13.7 Å². The van der Waals surface area contributed by atoms with E-state index in [0.717, 1.165) is 5.56 Å². The fourth-order valence-corrected chi connectivity index (χ4v) is 2.41. The van der Waals surface area contributed by atoms with Gasteiger partial charge >= 0.3 is 5.97 Å². The van der Waals surface area contributed by atoms with Crippen molar-refractivity contribution in [2.45, 2.75) is 27.3 Å². The highest BCUT2D eigenvalue weighted by Crippen LogP contribution is 2.17. The van der Waals surface area contributed by atoms with Crippen LogP contribution in [0.15, 0.2) is 54.6 Å². The van der Waals surface area contributed by atoms with E-state index in [1.165, 1.54) is 6.07 Å². The summed E-state index contributed by atoms with van der Waals surface area (Å²) in [6.07, 6.45) is 0. The number of rotatable bonds is 6. The minimum absolute atomic E-state index is 0.157. The van der Waals surface area contributed by atoms with Gasteiger partial charge in [0.05, 0.1) is 11.1 Å². The van der Waals surface area contributed by atoms with Gasteiger partial charge in [0.15, 0.2) is 12.4 Å². The van der Waals surface area contributed by atoms with E-state index in [4.69, 9.17) is 4.74 Å². The van der Waals surface area contributed by atoms with Crippen LogP contribution in [0.25, 0.3) is 0 Å². The molecule has 2 rings (SSSR count). The number of Topliss-reactive ketones (excluding diaryl/α,β-unsaturated/α-hetero) is 1. The second-order valence-electron chi connectivity index (χ2n) is 7.44. The molecule has 0 aliphatic rings. The van der Waals surface area contributed by atoms with E-state index in [9.17, 15) is 14.4 Å². The molecule has 1 amide bonds. The van der Waals surface area contributed by atoms with Crippen molar-refractivity contribution in [1.82, 2.24) is 4.90 Å². The molecule has 5 heteroatoms. The highest BCUT2D eigenvalue weighted by Gasteiger charge is 2.25. The summed E-state index contributed by atoms with van der Waals surface area (Å²) in [5.74, 6) is -1.14. The minimum Gasteiger partial charge on any atom is -0.454 e. The molecule has 142 valence electrons. The number of ether oxygens (including phenoxy) is 1. The quantitative estimate of drug-likeness (QED) is 0.730. The fourth-order valence-electron chi connectivity index (χ4n) is 2.41. The Morgan fingerprint density at radius 3 is 2.04 bits per heavy atom. The van der Waals surface area contributed by atoms with Crippen LogP contribution in [0.5, 0.6) is 0 Å². The molecule has 0 bridgehead atoms. The van der Waals surface area contributed by atoms with Crippen LogP contribution in [-0.2, 0) is 16.1 Å². The Labute approximate surface area is 159 Å². The lowest BCUT2D eigenvalue weighted by atomic mass is 9.91. The van der Waals surface area contributed by atoms with Crippen LogP contribution in [0.3, 0.4) is 0 Å². The maximum atomic E-state index is 12.8. The van der Waals surface area contributed by atoms with Gasteiger partial charge in [-0.25, -0.2) is 4.79 Å². The molecule has 0 radical (unpaired) electrons. The van der Waals surface area contributed by atoms with E-state index in [2.05, 4.69) is 0 Å².